The van der Waals surface area contributed by atoms with E-state index < -0.39 is 0 Å². The van der Waals surface area contributed by atoms with Gasteiger partial charge >= 0.3 is 0 Å². The molecule has 0 saturated heterocycles. The van der Waals surface area contributed by atoms with Crippen molar-refractivity contribution in [1.29, 1.82) is 0 Å². The largest absolute Gasteiger partial charge is 0.322 e. The van der Waals surface area contributed by atoms with Gasteiger partial charge in [0.05, 0.1) is 0 Å². The molecule has 2 N–H and O–H groups in total. The quantitative estimate of drug-likeness (QED) is 0.764. The van der Waals surface area contributed by atoms with E-state index in [1.807, 2.05) is 12.1 Å². The Bertz CT molecular complexity index is 368. The number of halogens is 1. The highest BCUT2D eigenvalue weighted by atomic mass is 35.5. The minimum absolute atomic E-state index is 0.433. The molecule has 1 aromatic carbocycles. The normalized spacial score (nSPS) is 9.92. The molecule has 6 heteroatoms. The van der Waals surface area contributed by atoms with Gasteiger partial charge in [-0.3, -0.25) is 0 Å². The molecule has 1 heterocycles. The predicted molar refractivity (Wildman–Crippen MR) is 48.9 cm³/mol. The highest BCUT2D eigenvalue weighted by Crippen LogP contribution is 2.15. The van der Waals surface area contributed by atoms with Gasteiger partial charge in [-0.05, 0) is 29.5 Å². The fourth-order valence-electron chi connectivity index (χ4n) is 0.877. The van der Waals surface area contributed by atoms with Crippen molar-refractivity contribution >= 4 is 23.2 Å². The van der Waals surface area contributed by atoms with Crippen molar-refractivity contribution in [2.45, 2.75) is 0 Å². The maximum Gasteiger partial charge on any atom is 0.267 e. The zero-order chi connectivity index (χ0) is 9.10. The lowest BCUT2D eigenvalue weighted by atomic mass is 10.3. The predicted octanol–water partition coefficient (Wildman–Crippen LogP) is 1.60. The Morgan fingerprint density at radius 1 is 1.23 bits per heavy atom. The molecule has 1 aromatic heterocycles. The monoisotopic (exact) mass is 195 g/mol. The van der Waals surface area contributed by atoms with Crippen LogP contribution in [0.15, 0.2) is 24.3 Å². The van der Waals surface area contributed by atoms with Crippen LogP contribution < -0.4 is 5.32 Å². The topological polar surface area (TPSA) is 66.5 Å². The molecule has 0 aliphatic heterocycles. The van der Waals surface area contributed by atoms with E-state index in [9.17, 15) is 0 Å². The molecular weight excluding hydrogens is 190 g/mol. The van der Waals surface area contributed by atoms with E-state index in [1.54, 1.807) is 12.1 Å². The number of tetrazole rings is 1. The van der Waals surface area contributed by atoms with Crippen LogP contribution in [0.2, 0.25) is 5.02 Å². The Morgan fingerprint density at radius 2 is 2.00 bits per heavy atom. The Morgan fingerprint density at radius 3 is 2.62 bits per heavy atom. The van der Waals surface area contributed by atoms with E-state index in [-0.39, 0.29) is 0 Å². The minimum atomic E-state index is 0.433. The lowest BCUT2D eigenvalue weighted by Gasteiger charge is -1.99. The van der Waals surface area contributed by atoms with E-state index in [4.69, 9.17) is 11.6 Å². The van der Waals surface area contributed by atoms with Crippen molar-refractivity contribution in [2.75, 3.05) is 5.32 Å². The third-order valence-electron chi connectivity index (χ3n) is 1.45. The van der Waals surface area contributed by atoms with Gasteiger partial charge in [0.15, 0.2) is 0 Å². The van der Waals surface area contributed by atoms with Crippen molar-refractivity contribution in [3.63, 3.8) is 0 Å². The van der Waals surface area contributed by atoms with Crippen LogP contribution in [0.4, 0.5) is 11.6 Å². The molecule has 0 unspecified atom stereocenters. The number of aromatic nitrogens is 4. The summed E-state index contributed by atoms with van der Waals surface area (Å²) < 4.78 is 0. The van der Waals surface area contributed by atoms with Gasteiger partial charge in [-0.2, -0.15) is 5.21 Å². The van der Waals surface area contributed by atoms with Crippen molar-refractivity contribution in [3.05, 3.63) is 29.3 Å². The zero-order valence-electron chi connectivity index (χ0n) is 6.53. The summed E-state index contributed by atoms with van der Waals surface area (Å²) in [4.78, 5) is 0. The molecule has 2 rings (SSSR count). The molecule has 5 nitrogen and oxygen atoms in total. The number of rotatable bonds is 2. The first-order valence-corrected chi connectivity index (χ1v) is 3.98. The van der Waals surface area contributed by atoms with Crippen molar-refractivity contribution in [2.24, 2.45) is 0 Å². The fraction of sp³-hybridized carbons (Fsp3) is 0. The van der Waals surface area contributed by atoms with Crippen LogP contribution in [0, 0.1) is 0 Å². The van der Waals surface area contributed by atoms with E-state index in [2.05, 4.69) is 25.9 Å². The van der Waals surface area contributed by atoms with Gasteiger partial charge < -0.3 is 5.32 Å². The number of aromatic amines is 1. The van der Waals surface area contributed by atoms with Crippen LogP contribution in [0.3, 0.4) is 0 Å². The van der Waals surface area contributed by atoms with Crippen LogP contribution in [-0.2, 0) is 0 Å². The van der Waals surface area contributed by atoms with Gasteiger partial charge in [-0.15, -0.1) is 5.10 Å². The summed E-state index contributed by atoms with van der Waals surface area (Å²) in [5.74, 6) is 0.433. The number of nitrogens with one attached hydrogen (secondary N) is 2. The Kier molecular flexibility index (Phi) is 2.09. The molecule has 0 fully saturated rings. The van der Waals surface area contributed by atoms with E-state index in [0.29, 0.717) is 11.0 Å². The molecule has 0 atom stereocenters. The van der Waals surface area contributed by atoms with Gasteiger partial charge in [0.2, 0.25) is 0 Å². The lowest BCUT2D eigenvalue weighted by Crippen LogP contribution is -1.91. The molecule has 0 amide bonds. The first kappa shape index (κ1) is 8.00. The molecular formula is C7H6ClN5. The standard InChI is InChI=1S/C7H6ClN5/c8-5-1-3-6(4-2-5)9-7-10-12-13-11-7/h1-4H,(H2,9,10,11,12,13). The first-order valence-electron chi connectivity index (χ1n) is 3.60. The van der Waals surface area contributed by atoms with Crippen LogP contribution in [0.1, 0.15) is 0 Å². The summed E-state index contributed by atoms with van der Waals surface area (Å²) >= 11 is 5.72. The lowest BCUT2D eigenvalue weighted by molar-refractivity contribution is 0.881. The second-order valence-electron chi connectivity index (χ2n) is 2.37. The number of hydrogen-bond acceptors (Lipinski definition) is 4. The first-order chi connectivity index (χ1) is 6.34. The minimum Gasteiger partial charge on any atom is -0.322 e. The van der Waals surface area contributed by atoms with E-state index in [1.165, 1.54) is 0 Å². The maximum atomic E-state index is 5.72. The molecule has 0 aliphatic carbocycles. The summed E-state index contributed by atoms with van der Waals surface area (Å²) in [5.41, 5.74) is 0.866. The summed E-state index contributed by atoms with van der Waals surface area (Å²) in [5, 5.41) is 16.9. The van der Waals surface area contributed by atoms with Gasteiger partial charge in [0.1, 0.15) is 0 Å². The van der Waals surface area contributed by atoms with Gasteiger partial charge in [0, 0.05) is 10.7 Å². The molecule has 0 bridgehead atoms. The summed E-state index contributed by atoms with van der Waals surface area (Å²) in [6.45, 7) is 0. The molecule has 0 spiro atoms. The van der Waals surface area contributed by atoms with Crippen LogP contribution in [0.25, 0.3) is 0 Å². The number of H-pyrrole nitrogens is 1. The Labute approximate surface area is 79.1 Å². The van der Waals surface area contributed by atoms with E-state index >= 15 is 0 Å². The molecule has 2 aromatic rings. The highest BCUT2D eigenvalue weighted by Gasteiger charge is 1.97. The average Bonchev–Trinajstić information content (AvgIpc) is 2.62. The van der Waals surface area contributed by atoms with Gasteiger partial charge in [0.25, 0.3) is 5.95 Å². The summed E-state index contributed by atoms with van der Waals surface area (Å²) in [6, 6.07) is 7.23. The molecule has 13 heavy (non-hydrogen) atoms. The average molecular weight is 196 g/mol. The van der Waals surface area contributed by atoms with Crippen molar-refractivity contribution < 1.29 is 0 Å². The Hall–Kier alpha value is -1.62. The smallest absolute Gasteiger partial charge is 0.267 e. The van der Waals surface area contributed by atoms with Gasteiger partial charge in [-0.25, -0.2) is 0 Å². The Balaban J connectivity index is 2.15. The molecule has 66 valence electrons. The fourth-order valence-corrected chi connectivity index (χ4v) is 1.00. The SMILES string of the molecule is Clc1ccc(Nc2nn[nH]n2)cc1. The number of benzene rings is 1. The number of hydrogen-bond donors (Lipinski definition) is 2. The summed E-state index contributed by atoms with van der Waals surface area (Å²) in [7, 11) is 0. The molecule has 0 radical (unpaired) electrons. The summed E-state index contributed by atoms with van der Waals surface area (Å²) in [6.07, 6.45) is 0. The number of anilines is 2. The van der Waals surface area contributed by atoms with E-state index in [0.717, 1.165) is 5.69 Å². The van der Waals surface area contributed by atoms with Crippen LogP contribution >= 0.6 is 11.6 Å². The second kappa shape index (κ2) is 3.40. The van der Waals surface area contributed by atoms with Gasteiger partial charge in [-0.1, -0.05) is 16.7 Å². The second-order valence-corrected chi connectivity index (χ2v) is 2.80. The molecule has 0 aliphatic rings. The number of nitrogens with zero attached hydrogens (tertiary/aromatic N) is 3. The highest BCUT2D eigenvalue weighted by molar-refractivity contribution is 6.30. The zero-order valence-corrected chi connectivity index (χ0v) is 7.28. The molecule has 0 saturated carbocycles. The maximum absolute atomic E-state index is 5.72. The third kappa shape index (κ3) is 1.94. The van der Waals surface area contributed by atoms with Crippen LogP contribution in [0.5, 0.6) is 0 Å². The third-order valence-corrected chi connectivity index (χ3v) is 1.70. The van der Waals surface area contributed by atoms with Crippen LogP contribution in [-0.4, -0.2) is 20.6 Å². The van der Waals surface area contributed by atoms with Crippen molar-refractivity contribution in [3.8, 4) is 0 Å². The van der Waals surface area contributed by atoms with Crippen molar-refractivity contribution in [1.82, 2.24) is 20.6 Å².